The van der Waals surface area contributed by atoms with Crippen molar-refractivity contribution in [3.63, 3.8) is 0 Å². The zero-order valence-corrected chi connectivity index (χ0v) is 21.5. The van der Waals surface area contributed by atoms with Gasteiger partial charge < -0.3 is 19.0 Å². The molecule has 1 N–H and O–H groups in total. The highest BCUT2D eigenvalue weighted by molar-refractivity contribution is 5.65. The molecular formula is C30H35N3O4. The van der Waals surface area contributed by atoms with E-state index >= 15 is 0 Å². The van der Waals surface area contributed by atoms with Gasteiger partial charge in [-0.15, -0.1) is 0 Å². The van der Waals surface area contributed by atoms with E-state index in [0.717, 1.165) is 40.4 Å². The van der Waals surface area contributed by atoms with E-state index in [0.29, 0.717) is 31.5 Å². The van der Waals surface area contributed by atoms with Crippen LogP contribution in [-0.4, -0.2) is 45.6 Å². The van der Waals surface area contributed by atoms with Gasteiger partial charge in [0.1, 0.15) is 23.8 Å². The second-order valence-corrected chi connectivity index (χ2v) is 9.93. The van der Waals surface area contributed by atoms with Crippen molar-refractivity contribution in [1.29, 1.82) is 0 Å². The summed E-state index contributed by atoms with van der Waals surface area (Å²) in [5.74, 6) is 2.91. The van der Waals surface area contributed by atoms with Crippen molar-refractivity contribution in [2.45, 2.75) is 39.0 Å². The third-order valence-corrected chi connectivity index (χ3v) is 6.54. The van der Waals surface area contributed by atoms with Gasteiger partial charge in [0.05, 0.1) is 24.5 Å². The molecule has 0 saturated heterocycles. The Morgan fingerprint density at radius 1 is 1.11 bits per heavy atom. The lowest BCUT2D eigenvalue weighted by atomic mass is 10.1. The van der Waals surface area contributed by atoms with Crippen LogP contribution in [0.2, 0.25) is 0 Å². The number of aliphatic hydroxyl groups is 1. The summed E-state index contributed by atoms with van der Waals surface area (Å²) in [6.45, 7) is 4.68. The quantitative estimate of drug-likeness (QED) is 0.258. The van der Waals surface area contributed by atoms with Gasteiger partial charge in [-0.05, 0) is 55.5 Å². The Kier molecular flexibility index (Phi) is 8.04. The van der Waals surface area contributed by atoms with Crippen LogP contribution >= 0.6 is 0 Å². The smallest absolute Gasteiger partial charge is 0.222 e. The van der Waals surface area contributed by atoms with Crippen LogP contribution in [0.1, 0.15) is 29.7 Å². The van der Waals surface area contributed by atoms with E-state index < -0.39 is 6.10 Å². The number of aryl methyl sites for hydroxylation is 2. The van der Waals surface area contributed by atoms with Crippen LogP contribution in [0.4, 0.5) is 0 Å². The number of furan rings is 1. The van der Waals surface area contributed by atoms with E-state index in [4.69, 9.17) is 19.0 Å². The van der Waals surface area contributed by atoms with E-state index in [1.807, 2.05) is 60.3 Å². The van der Waals surface area contributed by atoms with Gasteiger partial charge in [-0.25, -0.2) is 4.68 Å². The Hall–Kier alpha value is -3.39. The van der Waals surface area contributed by atoms with E-state index in [1.165, 1.54) is 12.8 Å². The molecule has 0 bridgehead atoms. The van der Waals surface area contributed by atoms with Crippen molar-refractivity contribution in [3.05, 3.63) is 89.9 Å². The van der Waals surface area contributed by atoms with E-state index in [-0.39, 0.29) is 6.61 Å². The molecule has 0 aliphatic heterocycles. The normalized spacial score (nSPS) is 14.3. The molecule has 1 unspecified atom stereocenters. The number of hydrogen-bond donors (Lipinski definition) is 1. The van der Waals surface area contributed by atoms with E-state index in [2.05, 4.69) is 30.0 Å². The van der Waals surface area contributed by atoms with Crippen LogP contribution < -0.4 is 4.74 Å². The first-order valence-electron chi connectivity index (χ1n) is 12.9. The summed E-state index contributed by atoms with van der Waals surface area (Å²) in [7, 11) is 1.92. The zero-order valence-electron chi connectivity index (χ0n) is 21.5. The maximum atomic E-state index is 10.8. The lowest BCUT2D eigenvalue weighted by molar-refractivity contribution is 0.00311. The number of nitrogens with zero attached hydrogens (tertiary/aromatic N) is 3. The summed E-state index contributed by atoms with van der Waals surface area (Å²) >= 11 is 0. The van der Waals surface area contributed by atoms with E-state index in [1.54, 1.807) is 6.26 Å². The molecule has 2 aromatic heterocycles. The molecule has 2 aromatic carbocycles. The Morgan fingerprint density at radius 3 is 2.68 bits per heavy atom. The fraction of sp³-hybridized carbons (Fsp3) is 0.367. The Morgan fingerprint density at radius 2 is 1.95 bits per heavy atom. The third-order valence-electron chi connectivity index (χ3n) is 6.54. The van der Waals surface area contributed by atoms with Crippen molar-refractivity contribution in [3.8, 4) is 22.9 Å². The van der Waals surface area contributed by atoms with Gasteiger partial charge in [0.15, 0.2) is 0 Å². The molecule has 0 amide bonds. The largest absolute Gasteiger partial charge is 0.467 e. The minimum Gasteiger partial charge on any atom is -0.467 e. The van der Waals surface area contributed by atoms with Gasteiger partial charge in [-0.2, -0.15) is 5.10 Å². The highest BCUT2D eigenvalue weighted by atomic mass is 16.5. The number of hydrogen-bond acceptors (Lipinski definition) is 6. The third kappa shape index (κ3) is 6.89. The van der Waals surface area contributed by atoms with Gasteiger partial charge in [0.2, 0.25) is 5.88 Å². The van der Waals surface area contributed by atoms with Crippen molar-refractivity contribution >= 4 is 0 Å². The summed E-state index contributed by atoms with van der Waals surface area (Å²) in [6, 6.07) is 22.0. The van der Waals surface area contributed by atoms with Crippen molar-refractivity contribution in [2.75, 3.05) is 19.7 Å². The topological polar surface area (TPSA) is 72.9 Å². The van der Waals surface area contributed by atoms with E-state index in [9.17, 15) is 5.11 Å². The highest BCUT2D eigenvalue weighted by Gasteiger charge is 2.28. The predicted octanol–water partition coefficient (Wildman–Crippen LogP) is 5.57. The minimum atomic E-state index is -0.619. The number of ether oxygens (including phenoxy) is 2. The number of rotatable bonds is 13. The molecule has 0 radical (unpaired) electrons. The van der Waals surface area contributed by atoms with Crippen LogP contribution in [0.15, 0.2) is 77.4 Å². The number of aromatic nitrogens is 2. The first-order valence-corrected chi connectivity index (χ1v) is 12.9. The molecule has 1 saturated carbocycles. The zero-order chi connectivity index (χ0) is 25.6. The lowest BCUT2D eigenvalue weighted by Crippen LogP contribution is -2.36. The number of aliphatic hydroxyl groups excluding tert-OH is 1. The second kappa shape index (κ2) is 11.8. The minimum absolute atomic E-state index is 0.243. The summed E-state index contributed by atoms with van der Waals surface area (Å²) in [5, 5.41) is 15.7. The SMILES string of the molecule is Cc1cccc(Oc2c(CN(CC(O)COCc3ccco3)CC3CC3)c(-c3ccccc3)nn2C)c1. The maximum absolute atomic E-state index is 10.8. The Bertz CT molecular complexity index is 1270. The molecule has 5 rings (SSSR count). The average Bonchev–Trinajstić information content (AvgIpc) is 3.45. The molecule has 37 heavy (non-hydrogen) atoms. The van der Waals surface area contributed by atoms with Crippen LogP contribution in [0.25, 0.3) is 11.3 Å². The molecule has 1 fully saturated rings. The molecule has 7 heteroatoms. The fourth-order valence-corrected chi connectivity index (χ4v) is 4.57. The predicted molar refractivity (Wildman–Crippen MR) is 142 cm³/mol. The maximum Gasteiger partial charge on any atom is 0.222 e. The highest BCUT2D eigenvalue weighted by Crippen LogP contribution is 2.36. The van der Waals surface area contributed by atoms with Crippen LogP contribution in [0.5, 0.6) is 11.6 Å². The molecule has 2 heterocycles. The van der Waals surface area contributed by atoms with Crippen LogP contribution in [-0.2, 0) is 24.9 Å². The van der Waals surface area contributed by atoms with Gasteiger partial charge in [0, 0.05) is 32.2 Å². The molecule has 1 atom stereocenters. The Labute approximate surface area is 218 Å². The van der Waals surface area contributed by atoms with Crippen molar-refractivity contribution in [1.82, 2.24) is 14.7 Å². The van der Waals surface area contributed by atoms with Crippen LogP contribution in [0, 0.1) is 12.8 Å². The second-order valence-electron chi connectivity index (χ2n) is 9.93. The number of benzene rings is 2. The van der Waals surface area contributed by atoms with Gasteiger partial charge in [-0.3, -0.25) is 4.90 Å². The first-order chi connectivity index (χ1) is 18.0. The first kappa shape index (κ1) is 25.3. The summed E-state index contributed by atoms with van der Waals surface area (Å²) < 4.78 is 19.3. The standard InChI is InChI=1S/C30H35N3O4/c1-22-8-6-11-26(16-22)37-30-28(29(31-32(30)2)24-9-4-3-5-10-24)19-33(17-23-13-14-23)18-25(34)20-35-21-27-12-7-15-36-27/h3-12,15-16,23,25,34H,13-14,17-21H2,1-2H3. The molecule has 194 valence electrons. The van der Waals surface area contributed by atoms with Gasteiger partial charge in [0.25, 0.3) is 0 Å². The van der Waals surface area contributed by atoms with Crippen LogP contribution in [0.3, 0.4) is 0 Å². The van der Waals surface area contributed by atoms with Crippen molar-refractivity contribution in [2.24, 2.45) is 13.0 Å². The fourth-order valence-electron chi connectivity index (χ4n) is 4.57. The molecule has 0 spiro atoms. The van der Waals surface area contributed by atoms with Gasteiger partial charge >= 0.3 is 0 Å². The molecule has 1 aliphatic carbocycles. The molecule has 1 aliphatic rings. The lowest BCUT2D eigenvalue weighted by Gasteiger charge is -2.25. The average molecular weight is 502 g/mol. The molecule has 7 nitrogen and oxygen atoms in total. The molecular weight excluding hydrogens is 466 g/mol. The summed E-state index contributed by atoms with van der Waals surface area (Å²) in [5.41, 5.74) is 4.09. The monoisotopic (exact) mass is 501 g/mol. The Balaban J connectivity index is 1.37. The van der Waals surface area contributed by atoms with Gasteiger partial charge in [-0.1, -0.05) is 42.5 Å². The van der Waals surface area contributed by atoms with Crippen molar-refractivity contribution < 1.29 is 19.0 Å². The summed E-state index contributed by atoms with van der Waals surface area (Å²) in [4.78, 5) is 2.31. The molecule has 4 aromatic rings. The summed E-state index contributed by atoms with van der Waals surface area (Å²) in [6.07, 6.45) is 3.47.